The first kappa shape index (κ1) is 20.1. The van der Waals surface area contributed by atoms with Gasteiger partial charge < -0.3 is 18.8 Å². The van der Waals surface area contributed by atoms with Crippen LogP contribution in [0, 0.1) is 13.8 Å². The Hall–Kier alpha value is -2.64. The summed E-state index contributed by atoms with van der Waals surface area (Å²) in [6.07, 6.45) is 1.49. The van der Waals surface area contributed by atoms with E-state index in [1.807, 2.05) is 31.4 Å². The molecule has 0 fully saturated rings. The van der Waals surface area contributed by atoms with Gasteiger partial charge in [-0.25, -0.2) is 4.98 Å². The Morgan fingerprint density at radius 3 is 2.71 bits per heavy atom. The van der Waals surface area contributed by atoms with Gasteiger partial charge in [-0.2, -0.15) is 0 Å². The monoisotopic (exact) mass is 400 g/mol. The maximum Gasteiger partial charge on any atom is 0.289 e. The van der Waals surface area contributed by atoms with E-state index >= 15 is 0 Å². The number of thiazole rings is 1. The molecule has 1 aromatic carbocycles. The Morgan fingerprint density at radius 1 is 1.25 bits per heavy atom. The second kappa shape index (κ2) is 9.52. The molecule has 7 heteroatoms. The Labute approximate surface area is 168 Å². The van der Waals surface area contributed by atoms with Gasteiger partial charge in [0.1, 0.15) is 17.4 Å². The fourth-order valence-electron chi connectivity index (χ4n) is 2.85. The number of rotatable bonds is 9. The van der Waals surface area contributed by atoms with E-state index < -0.39 is 0 Å². The molecule has 0 unspecified atom stereocenters. The maximum absolute atomic E-state index is 12.6. The number of carbonyl (C=O) groups is 1. The van der Waals surface area contributed by atoms with Crippen molar-refractivity contribution in [1.82, 2.24) is 9.88 Å². The third-order valence-corrected chi connectivity index (χ3v) is 4.97. The Kier molecular flexibility index (Phi) is 6.84. The number of amides is 1. The molecule has 0 atom stereocenters. The van der Waals surface area contributed by atoms with Crippen LogP contribution in [-0.4, -0.2) is 36.1 Å². The molecule has 2 aromatic heterocycles. The summed E-state index contributed by atoms with van der Waals surface area (Å²) in [5.74, 6) is 0.969. The quantitative estimate of drug-likeness (QED) is 0.538. The highest BCUT2D eigenvalue weighted by Crippen LogP contribution is 2.20. The fraction of sp³-hybridized carbons (Fsp3) is 0.333. The van der Waals surface area contributed by atoms with E-state index in [4.69, 9.17) is 13.9 Å². The predicted molar refractivity (Wildman–Crippen MR) is 108 cm³/mol. The lowest BCUT2D eigenvalue weighted by molar-refractivity contribution is 0.0647. The van der Waals surface area contributed by atoms with E-state index in [-0.39, 0.29) is 5.91 Å². The molecular formula is C21H24N2O4S. The summed E-state index contributed by atoms with van der Waals surface area (Å²) >= 11 is 1.52. The summed E-state index contributed by atoms with van der Waals surface area (Å²) in [5, 5.41) is 2.82. The summed E-state index contributed by atoms with van der Waals surface area (Å²) in [6.45, 7) is 5.79. The van der Waals surface area contributed by atoms with Gasteiger partial charge in [0.2, 0.25) is 0 Å². The van der Waals surface area contributed by atoms with Gasteiger partial charge in [-0.1, -0.05) is 6.07 Å². The summed E-state index contributed by atoms with van der Waals surface area (Å²) in [6, 6.07) is 9.49. The van der Waals surface area contributed by atoms with Crippen LogP contribution in [0.4, 0.5) is 0 Å². The van der Waals surface area contributed by atoms with E-state index in [9.17, 15) is 4.79 Å². The van der Waals surface area contributed by atoms with Crippen LogP contribution in [-0.2, 0) is 17.9 Å². The normalized spacial score (nSPS) is 10.8. The number of nitrogens with zero attached hydrogens (tertiary/aromatic N) is 2. The first-order valence-electron chi connectivity index (χ1n) is 9.01. The number of carbonyl (C=O) groups excluding carboxylic acids is 1. The first-order valence-corrected chi connectivity index (χ1v) is 9.89. The molecule has 28 heavy (non-hydrogen) atoms. The number of ether oxygens (including phenoxy) is 2. The zero-order chi connectivity index (χ0) is 19.9. The summed E-state index contributed by atoms with van der Waals surface area (Å²) in [5.41, 5.74) is 3.15. The number of aromatic nitrogens is 1. The van der Waals surface area contributed by atoms with E-state index in [2.05, 4.69) is 11.1 Å². The number of hydrogen-bond acceptors (Lipinski definition) is 6. The van der Waals surface area contributed by atoms with Crippen molar-refractivity contribution < 1.29 is 18.7 Å². The molecule has 0 N–H and O–H groups in total. The molecule has 0 saturated heterocycles. The van der Waals surface area contributed by atoms with Gasteiger partial charge >= 0.3 is 0 Å². The highest BCUT2D eigenvalue weighted by atomic mass is 32.1. The molecule has 0 bridgehead atoms. The zero-order valence-electron chi connectivity index (χ0n) is 16.3. The molecule has 0 radical (unpaired) electrons. The summed E-state index contributed by atoms with van der Waals surface area (Å²) in [7, 11) is 1.61. The second-order valence-electron chi connectivity index (χ2n) is 6.54. The zero-order valence-corrected chi connectivity index (χ0v) is 17.1. The van der Waals surface area contributed by atoms with Gasteiger partial charge in [0.15, 0.2) is 5.76 Å². The maximum atomic E-state index is 12.6. The van der Waals surface area contributed by atoms with Crippen LogP contribution < -0.4 is 4.74 Å². The second-order valence-corrected chi connectivity index (χ2v) is 7.48. The lowest BCUT2D eigenvalue weighted by Crippen LogP contribution is -2.33. The highest BCUT2D eigenvalue weighted by Gasteiger charge is 2.19. The average Bonchev–Trinajstić information content (AvgIpc) is 3.34. The molecule has 0 aliphatic heterocycles. The molecule has 2 heterocycles. The van der Waals surface area contributed by atoms with Crippen molar-refractivity contribution in [2.24, 2.45) is 0 Å². The third-order valence-electron chi connectivity index (χ3n) is 4.09. The summed E-state index contributed by atoms with van der Waals surface area (Å²) in [4.78, 5) is 18.9. The van der Waals surface area contributed by atoms with Crippen LogP contribution in [0.1, 0.15) is 32.4 Å². The Bertz CT molecular complexity index is 885. The Morgan fingerprint density at radius 2 is 2.04 bits per heavy atom. The minimum Gasteiger partial charge on any atom is -0.486 e. The van der Waals surface area contributed by atoms with Gasteiger partial charge in [-0.3, -0.25) is 4.79 Å². The number of methoxy groups -OCH3 is 1. The molecule has 0 aliphatic rings. The van der Waals surface area contributed by atoms with Crippen LogP contribution in [0.25, 0.3) is 0 Å². The molecule has 1 amide bonds. The van der Waals surface area contributed by atoms with Crippen LogP contribution in [0.2, 0.25) is 0 Å². The van der Waals surface area contributed by atoms with Crippen molar-refractivity contribution in [3.63, 3.8) is 0 Å². The van der Waals surface area contributed by atoms with Gasteiger partial charge in [0, 0.05) is 19.0 Å². The topological polar surface area (TPSA) is 64.8 Å². The van der Waals surface area contributed by atoms with Gasteiger partial charge in [0.25, 0.3) is 5.91 Å². The minimum absolute atomic E-state index is 0.178. The SMILES string of the molecule is COCCN(Cc1csc(COc2cc(C)cc(C)c2)n1)C(=O)c1ccco1. The lowest BCUT2D eigenvalue weighted by Gasteiger charge is -2.20. The number of furan rings is 1. The van der Waals surface area contributed by atoms with Crippen molar-refractivity contribution in [1.29, 1.82) is 0 Å². The van der Waals surface area contributed by atoms with Crippen molar-refractivity contribution >= 4 is 17.2 Å². The third kappa shape index (κ3) is 5.43. The van der Waals surface area contributed by atoms with Crippen molar-refractivity contribution in [2.75, 3.05) is 20.3 Å². The number of aryl methyl sites for hydroxylation is 2. The smallest absolute Gasteiger partial charge is 0.289 e. The molecule has 6 nitrogen and oxygen atoms in total. The van der Waals surface area contributed by atoms with Crippen LogP contribution in [0.15, 0.2) is 46.4 Å². The first-order chi connectivity index (χ1) is 13.5. The fourth-order valence-corrected chi connectivity index (χ4v) is 3.55. The lowest BCUT2D eigenvalue weighted by atomic mass is 10.1. The standard InChI is InChI=1S/C21H24N2O4S/c1-15-9-16(2)11-18(10-15)27-13-20-22-17(14-28-20)12-23(6-8-25-3)21(24)19-5-4-7-26-19/h4-5,7,9-11,14H,6,8,12-13H2,1-3H3. The van der Waals surface area contributed by atoms with Gasteiger partial charge in [-0.05, 0) is 49.2 Å². The highest BCUT2D eigenvalue weighted by molar-refractivity contribution is 7.09. The summed E-state index contributed by atoms with van der Waals surface area (Å²) < 4.78 is 16.2. The average molecular weight is 401 g/mol. The number of benzene rings is 1. The van der Waals surface area contributed by atoms with Crippen LogP contribution in [0.5, 0.6) is 5.75 Å². The van der Waals surface area contributed by atoms with Crippen molar-refractivity contribution in [2.45, 2.75) is 27.0 Å². The van der Waals surface area contributed by atoms with Crippen LogP contribution in [0.3, 0.4) is 0 Å². The van der Waals surface area contributed by atoms with E-state index in [1.165, 1.54) is 28.7 Å². The molecule has 0 saturated carbocycles. The largest absolute Gasteiger partial charge is 0.486 e. The van der Waals surface area contributed by atoms with Gasteiger partial charge in [0.05, 0.1) is 25.1 Å². The van der Waals surface area contributed by atoms with E-state index in [1.54, 1.807) is 24.1 Å². The molecule has 0 spiro atoms. The molecule has 148 valence electrons. The van der Waals surface area contributed by atoms with Crippen molar-refractivity contribution in [3.8, 4) is 5.75 Å². The van der Waals surface area contributed by atoms with E-state index in [0.717, 1.165) is 16.5 Å². The van der Waals surface area contributed by atoms with Crippen molar-refractivity contribution in [3.05, 3.63) is 69.6 Å². The number of hydrogen-bond donors (Lipinski definition) is 0. The van der Waals surface area contributed by atoms with Gasteiger partial charge in [-0.15, -0.1) is 11.3 Å². The minimum atomic E-state index is -0.178. The molecule has 3 aromatic rings. The Balaban J connectivity index is 1.63. The van der Waals surface area contributed by atoms with Crippen LogP contribution >= 0.6 is 11.3 Å². The predicted octanol–water partition coefficient (Wildman–Crippen LogP) is 4.22. The molecule has 0 aliphatic carbocycles. The molecular weight excluding hydrogens is 376 g/mol. The molecule has 3 rings (SSSR count). The van der Waals surface area contributed by atoms with E-state index in [0.29, 0.717) is 32.1 Å².